The quantitative estimate of drug-likeness (QED) is 0.670. The third-order valence-electron chi connectivity index (χ3n) is 2.87. The maximum Gasteiger partial charge on any atom is 0.146 e. The van der Waals surface area contributed by atoms with E-state index in [2.05, 4.69) is 10.6 Å². The van der Waals surface area contributed by atoms with E-state index in [0.717, 1.165) is 25.4 Å². The van der Waals surface area contributed by atoms with Gasteiger partial charge in [0.25, 0.3) is 0 Å². The number of rotatable bonds is 4. The number of carbonyl (C=O) groups excluding carboxylic acids is 1. The molecule has 1 aliphatic rings. The molecule has 0 radical (unpaired) electrons. The first kappa shape index (κ1) is 10.7. The summed E-state index contributed by atoms with van der Waals surface area (Å²) < 4.78 is 0. The van der Waals surface area contributed by atoms with E-state index < -0.39 is 0 Å². The van der Waals surface area contributed by atoms with Gasteiger partial charge in [-0.1, -0.05) is 0 Å². The summed E-state index contributed by atoms with van der Waals surface area (Å²) in [4.78, 5) is 11.2. The Morgan fingerprint density at radius 1 is 1.54 bits per heavy atom. The van der Waals surface area contributed by atoms with Crippen molar-refractivity contribution in [3.63, 3.8) is 0 Å². The zero-order chi connectivity index (χ0) is 9.68. The highest BCUT2D eigenvalue weighted by Crippen LogP contribution is 2.17. The maximum absolute atomic E-state index is 11.2. The zero-order valence-corrected chi connectivity index (χ0v) is 8.60. The van der Waals surface area contributed by atoms with Crippen LogP contribution in [0.15, 0.2) is 0 Å². The van der Waals surface area contributed by atoms with Crippen molar-refractivity contribution < 1.29 is 4.79 Å². The topological polar surface area (TPSA) is 41.1 Å². The molecule has 0 aromatic rings. The van der Waals surface area contributed by atoms with Crippen LogP contribution in [-0.4, -0.2) is 32.0 Å². The summed E-state index contributed by atoms with van der Waals surface area (Å²) in [6.45, 7) is 3.89. The molecule has 1 unspecified atom stereocenters. The molecule has 0 amide bonds. The number of ketones is 1. The van der Waals surface area contributed by atoms with Crippen molar-refractivity contribution in [2.24, 2.45) is 5.92 Å². The molecule has 3 nitrogen and oxygen atoms in total. The molecular formula is C10H20N2O. The van der Waals surface area contributed by atoms with Gasteiger partial charge >= 0.3 is 0 Å². The van der Waals surface area contributed by atoms with Crippen LogP contribution in [0, 0.1) is 5.92 Å². The standard InChI is InChI=1S/C10H20N2O/c1-8(13)10(11-2)7-9-3-5-12-6-4-9/h9-12H,3-7H2,1-2H3. The predicted molar refractivity (Wildman–Crippen MR) is 53.7 cm³/mol. The summed E-state index contributed by atoms with van der Waals surface area (Å²) in [5.74, 6) is 0.989. The first-order valence-electron chi connectivity index (χ1n) is 5.12. The van der Waals surface area contributed by atoms with Crippen LogP contribution in [0.1, 0.15) is 26.2 Å². The molecule has 0 spiro atoms. The summed E-state index contributed by atoms with van der Waals surface area (Å²) in [7, 11) is 1.87. The Morgan fingerprint density at radius 2 is 2.15 bits per heavy atom. The molecule has 3 heteroatoms. The summed E-state index contributed by atoms with van der Waals surface area (Å²) in [6.07, 6.45) is 3.43. The number of Topliss-reactive ketones (excluding diaryl/α,β-unsaturated/α-hetero) is 1. The molecule has 0 aliphatic carbocycles. The fraction of sp³-hybridized carbons (Fsp3) is 0.900. The molecular weight excluding hydrogens is 164 g/mol. The molecule has 1 atom stereocenters. The Bertz CT molecular complexity index is 164. The lowest BCUT2D eigenvalue weighted by Crippen LogP contribution is -2.37. The van der Waals surface area contributed by atoms with E-state index >= 15 is 0 Å². The third kappa shape index (κ3) is 3.44. The molecule has 13 heavy (non-hydrogen) atoms. The van der Waals surface area contributed by atoms with Gasteiger partial charge in [-0.3, -0.25) is 4.79 Å². The van der Waals surface area contributed by atoms with Crippen molar-refractivity contribution in [3.05, 3.63) is 0 Å². The zero-order valence-electron chi connectivity index (χ0n) is 8.60. The van der Waals surface area contributed by atoms with Crippen LogP contribution in [-0.2, 0) is 4.79 Å². The number of carbonyl (C=O) groups is 1. The van der Waals surface area contributed by atoms with Crippen molar-refractivity contribution in [2.75, 3.05) is 20.1 Å². The van der Waals surface area contributed by atoms with Crippen LogP contribution in [0.2, 0.25) is 0 Å². The molecule has 1 rings (SSSR count). The average Bonchev–Trinajstić information content (AvgIpc) is 2.15. The smallest absolute Gasteiger partial charge is 0.146 e. The number of hydrogen-bond donors (Lipinski definition) is 2. The first-order chi connectivity index (χ1) is 6.24. The van der Waals surface area contributed by atoms with Gasteiger partial charge in [0, 0.05) is 0 Å². The second kappa shape index (κ2) is 5.35. The maximum atomic E-state index is 11.2. The summed E-state index contributed by atoms with van der Waals surface area (Å²) >= 11 is 0. The van der Waals surface area contributed by atoms with Gasteiger partial charge in [0.2, 0.25) is 0 Å². The van der Waals surface area contributed by atoms with E-state index in [9.17, 15) is 4.79 Å². The van der Waals surface area contributed by atoms with Crippen LogP contribution in [0.5, 0.6) is 0 Å². The predicted octanol–water partition coefficient (Wildman–Crippen LogP) is 0.553. The van der Waals surface area contributed by atoms with E-state index in [1.807, 2.05) is 7.05 Å². The third-order valence-corrected chi connectivity index (χ3v) is 2.87. The molecule has 1 aliphatic heterocycles. The van der Waals surface area contributed by atoms with Gasteiger partial charge in [0.15, 0.2) is 0 Å². The average molecular weight is 184 g/mol. The minimum absolute atomic E-state index is 0.0723. The van der Waals surface area contributed by atoms with Crippen LogP contribution < -0.4 is 10.6 Å². The van der Waals surface area contributed by atoms with Gasteiger partial charge in [0.1, 0.15) is 5.78 Å². The molecule has 0 saturated carbocycles. The minimum atomic E-state index is 0.0723. The van der Waals surface area contributed by atoms with Gasteiger partial charge in [0.05, 0.1) is 6.04 Å². The van der Waals surface area contributed by atoms with Gasteiger partial charge in [-0.2, -0.15) is 0 Å². The monoisotopic (exact) mass is 184 g/mol. The molecule has 0 bridgehead atoms. The van der Waals surface area contributed by atoms with Crippen molar-refractivity contribution in [1.29, 1.82) is 0 Å². The van der Waals surface area contributed by atoms with Gasteiger partial charge in [-0.05, 0) is 52.2 Å². The van der Waals surface area contributed by atoms with Crippen molar-refractivity contribution in [1.82, 2.24) is 10.6 Å². The second-order valence-electron chi connectivity index (χ2n) is 3.88. The Balaban J connectivity index is 2.31. The number of nitrogens with one attached hydrogen (secondary N) is 2. The van der Waals surface area contributed by atoms with E-state index in [0.29, 0.717) is 0 Å². The molecule has 2 N–H and O–H groups in total. The summed E-state index contributed by atoms with van der Waals surface area (Å²) in [5.41, 5.74) is 0. The molecule has 1 saturated heterocycles. The number of hydrogen-bond acceptors (Lipinski definition) is 3. The Morgan fingerprint density at radius 3 is 2.62 bits per heavy atom. The molecule has 0 aromatic heterocycles. The normalized spacial score (nSPS) is 21.4. The van der Waals surface area contributed by atoms with Crippen molar-refractivity contribution in [2.45, 2.75) is 32.2 Å². The van der Waals surface area contributed by atoms with Crippen molar-refractivity contribution >= 4 is 5.78 Å². The Kier molecular flexibility index (Phi) is 4.39. The van der Waals surface area contributed by atoms with Crippen LogP contribution in [0.25, 0.3) is 0 Å². The summed E-state index contributed by atoms with van der Waals surface area (Å²) in [5, 5.41) is 6.41. The Hall–Kier alpha value is -0.410. The molecule has 0 aromatic carbocycles. The highest BCUT2D eigenvalue weighted by Gasteiger charge is 2.19. The van der Waals surface area contributed by atoms with E-state index in [1.165, 1.54) is 12.8 Å². The van der Waals surface area contributed by atoms with Gasteiger partial charge in [-0.15, -0.1) is 0 Å². The number of likely N-dealkylation sites (N-methyl/N-ethyl adjacent to an activating group) is 1. The highest BCUT2D eigenvalue weighted by atomic mass is 16.1. The van der Waals surface area contributed by atoms with E-state index in [-0.39, 0.29) is 11.8 Å². The van der Waals surface area contributed by atoms with Crippen LogP contribution >= 0.6 is 0 Å². The lowest BCUT2D eigenvalue weighted by molar-refractivity contribution is -0.119. The van der Waals surface area contributed by atoms with E-state index in [4.69, 9.17) is 0 Å². The van der Waals surface area contributed by atoms with Crippen LogP contribution in [0.4, 0.5) is 0 Å². The fourth-order valence-corrected chi connectivity index (χ4v) is 1.94. The second-order valence-corrected chi connectivity index (χ2v) is 3.88. The van der Waals surface area contributed by atoms with Gasteiger partial charge in [-0.25, -0.2) is 0 Å². The largest absolute Gasteiger partial charge is 0.317 e. The lowest BCUT2D eigenvalue weighted by Gasteiger charge is -2.25. The minimum Gasteiger partial charge on any atom is -0.317 e. The Labute approximate surface area is 80.3 Å². The van der Waals surface area contributed by atoms with Crippen LogP contribution in [0.3, 0.4) is 0 Å². The van der Waals surface area contributed by atoms with Gasteiger partial charge < -0.3 is 10.6 Å². The first-order valence-corrected chi connectivity index (χ1v) is 5.12. The fourth-order valence-electron chi connectivity index (χ4n) is 1.94. The highest BCUT2D eigenvalue weighted by molar-refractivity contribution is 5.81. The molecule has 1 heterocycles. The SMILES string of the molecule is CNC(CC1CCNCC1)C(C)=O. The lowest BCUT2D eigenvalue weighted by atomic mass is 9.90. The van der Waals surface area contributed by atoms with Crippen molar-refractivity contribution in [3.8, 4) is 0 Å². The molecule has 1 fully saturated rings. The molecule has 76 valence electrons. The van der Waals surface area contributed by atoms with E-state index in [1.54, 1.807) is 6.92 Å². The summed E-state index contributed by atoms with van der Waals surface area (Å²) in [6, 6.07) is 0.0723. The number of piperidine rings is 1.